The Bertz CT molecular complexity index is 503. The van der Waals surface area contributed by atoms with E-state index in [-0.39, 0.29) is 6.47 Å². The summed E-state index contributed by atoms with van der Waals surface area (Å²) in [4.78, 5) is 56.1. The van der Waals surface area contributed by atoms with Crippen LogP contribution in [-0.4, -0.2) is 61.8 Å². The molecule has 0 aliphatic heterocycles. The number of hydrogen-bond acceptors (Lipinski definition) is 9. The number of carbonyl (C=O) groups is 5. The predicted octanol–water partition coefficient (Wildman–Crippen LogP) is 0.129. The first-order valence-electron chi connectivity index (χ1n) is 7.30. The average Bonchev–Trinajstić information content (AvgIpc) is 2.48. The molecule has 25 heavy (non-hydrogen) atoms. The summed E-state index contributed by atoms with van der Waals surface area (Å²) in [5.74, 6) is -4.70. The molecule has 10 heteroatoms. The van der Waals surface area contributed by atoms with Gasteiger partial charge < -0.3 is 18.9 Å². The lowest BCUT2D eigenvalue weighted by molar-refractivity contribution is -0.180. The number of esters is 3. The molecule has 0 fully saturated rings. The van der Waals surface area contributed by atoms with Gasteiger partial charge in [0.1, 0.15) is 12.8 Å². The molecule has 0 spiro atoms. The van der Waals surface area contributed by atoms with Gasteiger partial charge in [0, 0.05) is 20.8 Å². The largest absolute Gasteiger partial charge is 0.467 e. The first-order chi connectivity index (χ1) is 11.6. The normalized spacial score (nSPS) is 15.1. The number of alkyl halides is 1. The number of halogens is 1. The van der Waals surface area contributed by atoms with E-state index >= 15 is 0 Å². The quantitative estimate of drug-likeness (QED) is 0.286. The summed E-state index contributed by atoms with van der Waals surface area (Å²) in [5, 5.41) is 0. The van der Waals surface area contributed by atoms with Crippen molar-refractivity contribution in [3.8, 4) is 0 Å². The molecule has 4 unspecified atom stereocenters. The van der Waals surface area contributed by atoms with Crippen LogP contribution in [0.15, 0.2) is 0 Å². The Morgan fingerprint density at radius 1 is 0.960 bits per heavy atom. The molecule has 0 rings (SSSR count). The van der Waals surface area contributed by atoms with E-state index in [1.807, 2.05) is 0 Å². The fraction of sp³-hybridized carbons (Fsp3) is 0.667. The second-order valence-corrected chi connectivity index (χ2v) is 5.11. The maximum absolute atomic E-state index is 13.9. The third-order valence-electron chi connectivity index (χ3n) is 2.95. The number of rotatable bonds is 11. The van der Waals surface area contributed by atoms with Gasteiger partial charge in [0.15, 0.2) is 24.6 Å². The maximum atomic E-state index is 13.9. The van der Waals surface area contributed by atoms with Crippen molar-refractivity contribution in [3.05, 3.63) is 0 Å². The van der Waals surface area contributed by atoms with Crippen molar-refractivity contribution < 1.29 is 47.3 Å². The van der Waals surface area contributed by atoms with E-state index < -0.39 is 61.2 Å². The Hall–Kier alpha value is -2.52. The minimum atomic E-state index is -1.81. The molecule has 4 atom stereocenters. The van der Waals surface area contributed by atoms with E-state index in [0.29, 0.717) is 0 Å². The van der Waals surface area contributed by atoms with E-state index in [9.17, 15) is 28.4 Å². The summed E-state index contributed by atoms with van der Waals surface area (Å²) >= 11 is 0. The molecule has 0 N–H and O–H groups in total. The Morgan fingerprint density at radius 2 is 1.48 bits per heavy atom. The number of carbonyl (C=O) groups excluding carboxylic acids is 5. The van der Waals surface area contributed by atoms with Crippen LogP contribution in [0.2, 0.25) is 0 Å². The smallest absolute Gasteiger partial charge is 0.303 e. The van der Waals surface area contributed by atoms with Gasteiger partial charge in [-0.3, -0.25) is 24.0 Å². The molecule has 0 saturated carbocycles. The van der Waals surface area contributed by atoms with Crippen molar-refractivity contribution in [1.82, 2.24) is 0 Å². The highest BCUT2D eigenvalue weighted by Gasteiger charge is 2.42. The lowest BCUT2D eigenvalue weighted by Crippen LogP contribution is -2.49. The molecule has 0 aliphatic rings. The summed E-state index contributed by atoms with van der Waals surface area (Å²) in [6.07, 6.45) is -5.01. The lowest BCUT2D eigenvalue weighted by atomic mass is 9.92. The highest BCUT2D eigenvalue weighted by molar-refractivity contribution is 5.85. The number of Topliss-reactive ketones (excluding diaryl/α,β-unsaturated/α-hetero) is 1. The number of ether oxygens (including phenoxy) is 4. The Morgan fingerprint density at radius 3 is 1.88 bits per heavy atom. The second kappa shape index (κ2) is 11.1. The number of hydrogen-bond donors (Lipinski definition) is 0. The molecule has 0 radical (unpaired) electrons. The van der Waals surface area contributed by atoms with E-state index in [1.165, 1.54) is 0 Å². The van der Waals surface area contributed by atoms with Crippen LogP contribution in [0.3, 0.4) is 0 Å². The molecule has 0 saturated heterocycles. The molecule has 9 nitrogen and oxygen atoms in total. The van der Waals surface area contributed by atoms with Crippen molar-refractivity contribution in [2.75, 3.05) is 13.2 Å². The third kappa shape index (κ3) is 8.77. The first kappa shape index (κ1) is 22.5. The molecule has 0 aliphatic carbocycles. The minimum absolute atomic E-state index is 0.0383. The van der Waals surface area contributed by atoms with Gasteiger partial charge in [-0.05, 0) is 6.92 Å². The topological polar surface area (TPSA) is 122 Å². The van der Waals surface area contributed by atoms with Crippen molar-refractivity contribution in [2.45, 2.75) is 46.1 Å². The van der Waals surface area contributed by atoms with Crippen molar-refractivity contribution in [1.29, 1.82) is 0 Å². The zero-order valence-corrected chi connectivity index (χ0v) is 14.4. The first-order valence-corrected chi connectivity index (χ1v) is 7.30. The highest BCUT2D eigenvalue weighted by Crippen LogP contribution is 2.22. The van der Waals surface area contributed by atoms with Crippen molar-refractivity contribution >= 4 is 30.2 Å². The fourth-order valence-corrected chi connectivity index (χ4v) is 1.98. The summed E-state index contributed by atoms with van der Waals surface area (Å²) in [7, 11) is 0. The Labute approximate surface area is 143 Å². The van der Waals surface area contributed by atoms with Crippen LogP contribution in [0, 0.1) is 5.92 Å². The van der Waals surface area contributed by atoms with Gasteiger partial charge in [0.25, 0.3) is 6.47 Å². The van der Waals surface area contributed by atoms with E-state index in [1.54, 1.807) is 0 Å². The Balaban J connectivity index is 5.66. The van der Waals surface area contributed by atoms with Gasteiger partial charge in [-0.2, -0.15) is 0 Å². The summed E-state index contributed by atoms with van der Waals surface area (Å²) in [6, 6.07) is 0. The van der Waals surface area contributed by atoms with Gasteiger partial charge >= 0.3 is 17.9 Å². The summed E-state index contributed by atoms with van der Waals surface area (Å²) < 4.78 is 32.8. The summed E-state index contributed by atoms with van der Waals surface area (Å²) in [6.45, 7) is 2.86. The fourth-order valence-electron chi connectivity index (χ4n) is 1.98. The van der Waals surface area contributed by atoms with Crippen LogP contribution in [-0.2, 0) is 42.9 Å². The van der Waals surface area contributed by atoms with Crippen LogP contribution in [0.5, 0.6) is 0 Å². The summed E-state index contributed by atoms with van der Waals surface area (Å²) in [5.41, 5.74) is 0. The Kier molecular flexibility index (Phi) is 9.99. The van der Waals surface area contributed by atoms with Crippen LogP contribution in [0.25, 0.3) is 0 Å². The molecular formula is C15H21FO9. The van der Waals surface area contributed by atoms with Crippen LogP contribution in [0.4, 0.5) is 4.39 Å². The zero-order chi connectivity index (χ0) is 19.6. The van der Waals surface area contributed by atoms with E-state index in [4.69, 9.17) is 9.47 Å². The SMILES string of the molecule is CC(=O)OCC(=O)C(COC=O)C(OC(C)=O)C(OC(C)=O)C(C)F. The number of ketones is 1. The van der Waals surface area contributed by atoms with Gasteiger partial charge in [0.2, 0.25) is 0 Å². The standard InChI is InChI=1S/C15H21FO9/c1-8(16)14(24-10(3)19)15(25-11(4)20)12(5-22-7-17)13(21)6-23-9(2)18/h7-8,12,14-15H,5-6H2,1-4H3. The van der Waals surface area contributed by atoms with Gasteiger partial charge in [0.05, 0.1) is 5.92 Å². The van der Waals surface area contributed by atoms with E-state index in [0.717, 1.165) is 27.7 Å². The molecule has 0 aromatic rings. The molecule has 0 aromatic carbocycles. The van der Waals surface area contributed by atoms with Crippen LogP contribution in [0.1, 0.15) is 27.7 Å². The van der Waals surface area contributed by atoms with Crippen molar-refractivity contribution in [3.63, 3.8) is 0 Å². The average molecular weight is 364 g/mol. The van der Waals surface area contributed by atoms with Gasteiger partial charge in [-0.25, -0.2) is 4.39 Å². The van der Waals surface area contributed by atoms with Crippen LogP contribution >= 0.6 is 0 Å². The van der Waals surface area contributed by atoms with Crippen LogP contribution < -0.4 is 0 Å². The maximum Gasteiger partial charge on any atom is 0.303 e. The predicted molar refractivity (Wildman–Crippen MR) is 78.8 cm³/mol. The molecular weight excluding hydrogens is 343 g/mol. The highest BCUT2D eigenvalue weighted by atomic mass is 19.1. The molecule has 0 bridgehead atoms. The van der Waals surface area contributed by atoms with Crippen molar-refractivity contribution in [2.24, 2.45) is 5.92 Å². The molecule has 0 aromatic heterocycles. The second-order valence-electron chi connectivity index (χ2n) is 5.11. The monoisotopic (exact) mass is 364 g/mol. The lowest BCUT2D eigenvalue weighted by Gasteiger charge is -2.31. The zero-order valence-electron chi connectivity index (χ0n) is 14.4. The van der Waals surface area contributed by atoms with Gasteiger partial charge in [-0.1, -0.05) is 0 Å². The molecule has 0 heterocycles. The minimum Gasteiger partial charge on any atom is -0.467 e. The van der Waals surface area contributed by atoms with Gasteiger partial charge in [-0.15, -0.1) is 0 Å². The molecule has 142 valence electrons. The molecule has 0 amide bonds. The third-order valence-corrected chi connectivity index (χ3v) is 2.95. The van der Waals surface area contributed by atoms with E-state index in [2.05, 4.69) is 9.47 Å².